The highest BCUT2D eigenvalue weighted by Gasteiger charge is 2.16. The summed E-state index contributed by atoms with van der Waals surface area (Å²) >= 11 is 0. The third-order valence-corrected chi connectivity index (χ3v) is 5.26. The summed E-state index contributed by atoms with van der Waals surface area (Å²) in [5.41, 5.74) is 6.18. The van der Waals surface area contributed by atoms with Crippen LogP contribution in [0.4, 0.5) is 5.69 Å². The zero-order valence-corrected chi connectivity index (χ0v) is 15.1. The molecule has 0 amide bonds. The largest absolute Gasteiger partial charge is 0.504 e. The van der Waals surface area contributed by atoms with Crippen molar-refractivity contribution >= 4 is 33.7 Å². The first-order valence-electron chi connectivity index (χ1n) is 9.20. The van der Waals surface area contributed by atoms with Crippen LogP contribution in [-0.2, 0) is 19.6 Å². The molecule has 0 radical (unpaired) electrons. The molecule has 1 aliphatic heterocycles. The van der Waals surface area contributed by atoms with Crippen LogP contribution in [0.2, 0.25) is 0 Å². The number of para-hydroxylation sites is 1. The van der Waals surface area contributed by atoms with E-state index in [0.717, 1.165) is 17.8 Å². The standard InChI is InChI=1S/C22H20N4O/c1-2-26-19-6-4-3-5-15(19)16-9-14(7-8-20(16)26)10-25-22-17-11-23-12-18(17)24-13-21(22)27/h3-9,11,13,27H,2,10,12H2,1H3,(H,24,25). The number of aryl methyl sites for hydroxylation is 1. The number of benzene rings is 2. The number of aromatic nitrogens is 2. The lowest BCUT2D eigenvalue weighted by atomic mass is 10.1. The summed E-state index contributed by atoms with van der Waals surface area (Å²) in [6.07, 6.45) is 3.27. The summed E-state index contributed by atoms with van der Waals surface area (Å²) in [5.74, 6) is 0.158. The van der Waals surface area contributed by atoms with E-state index in [-0.39, 0.29) is 5.75 Å². The van der Waals surface area contributed by atoms with E-state index < -0.39 is 0 Å². The van der Waals surface area contributed by atoms with Crippen molar-refractivity contribution in [3.05, 3.63) is 65.5 Å². The van der Waals surface area contributed by atoms with Crippen molar-refractivity contribution in [1.29, 1.82) is 0 Å². The highest BCUT2D eigenvalue weighted by Crippen LogP contribution is 2.32. The number of hydrogen-bond acceptors (Lipinski definition) is 4. The van der Waals surface area contributed by atoms with Gasteiger partial charge in [0.1, 0.15) is 0 Å². The molecule has 0 saturated heterocycles. The number of rotatable bonds is 4. The zero-order valence-electron chi connectivity index (χ0n) is 15.1. The van der Waals surface area contributed by atoms with Crippen molar-refractivity contribution in [3.63, 3.8) is 0 Å². The van der Waals surface area contributed by atoms with Crippen molar-refractivity contribution in [2.75, 3.05) is 5.32 Å². The summed E-state index contributed by atoms with van der Waals surface area (Å²) in [7, 11) is 0. The summed E-state index contributed by atoms with van der Waals surface area (Å²) in [5, 5.41) is 16.1. The Morgan fingerprint density at radius 2 is 1.96 bits per heavy atom. The fourth-order valence-corrected chi connectivity index (χ4v) is 3.97. The van der Waals surface area contributed by atoms with Crippen LogP contribution in [0.5, 0.6) is 5.75 Å². The summed E-state index contributed by atoms with van der Waals surface area (Å²) in [6, 6.07) is 15.1. The van der Waals surface area contributed by atoms with Gasteiger partial charge in [0.2, 0.25) is 0 Å². The lowest BCUT2D eigenvalue weighted by molar-refractivity contribution is 0.474. The van der Waals surface area contributed by atoms with Crippen molar-refractivity contribution in [1.82, 2.24) is 9.55 Å². The van der Waals surface area contributed by atoms with E-state index in [9.17, 15) is 5.11 Å². The number of pyridine rings is 1. The molecule has 0 spiro atoms. The van der Waals surface area contributed by atoms with Gasteiger partial charge in [-0.25, -0.2) is 0 Å². The molecule has 4 aromatic rings. The van der Waals surface area contributed by atoms with Gasteiger partial charge in [0.15, 0.2) is 5.75 Å². The highest BCUT2D eigenvalue weighted by molar-refractivity contribution is 6.08. The second-order valence-corrected chi connectivity index (χ2v) is 6.82. The minimum Gasteiger partial charge on any atom is -0.504 e. The molecule has 0 saturated carbocycles. The summed E-state index contributed by atoms with van der Waals surface area (Å²) in [6.45, 7) is 4.32. The summed E-state index contributed by atoms with van der Waals surface area (Å²) < 4.78 is 2.35. The molecular formula is C22H20N4O. The van der Waals surface area contributed by atoms with Gasteiger partial charge in [-0.05, 0) is 30.7 Å². The average molecular weight is 356 g/mol. The number of nitrogens with one attached hydrogen (secondary N) is 1. The first-order chi connectivity index (χ1) is 13.3. The van der Waals surface area contributed by atoms with Gasteiger partial charge in [-0.1, -0.05) is 24.3 Å². The molecule has 27 heavy (non-hydrogen) atoms. The molecule has 5 rings (SSSR count). The number of anilines is 1. The Hall–Kier alpha value is -3.34. The van der Waals surface area contributed by atoms with E-state index in [2.05, 4.69) is 69.2 Å². The van der Waals surface area contributed by atoms with Crippen molar-refractivity contribution in [3.8, 4) is 5.75 Å². The van der Waals surface area contributed by atoms with Crippen LogP contribution >= 0.6 is 0 Å². The van der Waals surface area contributed by atoms with Gasteiger partial charge in [0.25, 0.3) is 0 Å². The van der Waals surface area contributed by atoms with Gasteiger partial charge >= 0.3 is 0 Å². The van der Waals surface area contributed by atoms with Crippen LogP contribution in [0, 0.1) is 0 Å². The minimum absolute atomic E-state index is 0.158. The van der Waals surface area contributed by atoms with E-state index >= 15 is 0 Å². The quantitative estimate of drug-likeness (QED) is 0.567. The molecule has 0 unspecified atom stereocenters. The number of fused-ring (bicyclic) bond motifs is 4. The first-order valence-corrected chi connectivity index (χ1v) is 9.20. The van der Waals surface area contributed by atoms with E-state index in [1.165, 1.54) is 33.6 Å². The number of aromatic hydroxyl groups is 1. The molecule has 1 aliphatic rings. The summed E-state index contributed by atoms with van der Waals surface area (Å²) in [4.78, 5) is 8.50. The average Bonchev–Trinajstić information content (AvgIpc) is 3.29. The maximum atomic E-state index is 10.2. The monoisotopic (exact) mass is 356 g/mol. The van der Waals surface area contributed by atoms with Crippen LogP contribution in [0.25, 0.3) is 21.8 Å². The Morgan fingerprint density at radius 1 is 1.11 bits per heavy atom. The van der Waals surface area contributed by atoms with Gasteiger partial charge in [-0.3, -0.25) is 9.98 Å². The molecule has 134 valence electrons. The molecular weight excluding hydrogens is 336 g/mol. The van der Waals surface area contributed by atoms with E-state index in [0.29, 0.717) is 18.8 Å². The molecule has 2 N–H and O–H groups in total. The Labute approximate surface area is 157 Å². The SMILES string of the molecule is CCn1c2ccccc2c2cc(CNc3c(O)cnc4c3C=NC4)ccc21. The van der Waals surface area contributed by atoms with Gasteiger partial charge in [-0.2, -0.15) is 0 Å². The predicted octanol–water partition coefficient (Wildman–Crippen LogP) is 4.46. The third kappa shape index (κ3) is 2.46. The number of nitrogens with zero attached hydrogens (tertiary/aromatic N) is 3. The topological polar surface area (TPSA) is 62.4 Å². The fourth-order valence-electron chi connectivity index (χ4n) is 3.97. The van der Waals surface area contributed by atoms with Crippen LogP contribution in [-0.4, -0.2) is 20.9 Å². The van der Waals surface area contributed by atoms with Crippen molar-refractivity contribution < 1.29 is 5.11 Å². The van der Waals surface area contributed by atoms with E-state index in [1.54, 1.807) is 6.21 Å². The van der Waals surface area contributed by atoms with Crippen LogP contribution in [0.1, 0.15) is 23.7 Å². The highest BCUT2D eigenvalue weighted by atomic mass is 16.3. The lowest BCUT2D eigenvalue weighted by Gasteiger charge is -2.12. The Bertz CT molecular complexity index is 1210. The Kier molecular flexibility index (Phi) is 3.60. The Balaban J connectivity index is 1.53. The van der Waals surface area contributed by atoms with Gasteiger partial charge < -0.3 is 15.0 Å². The second-order valence-electron chi connectivity index (χ2n) is 6.82. The minimum atomic E-state index is 0.158. The van der Waals surface area contributed by atoms with Gasteiger partial charge in [0.05, 0.1) is 24.1 Å². The lowest BCUT2D eigenvalue weighted by Crippen LogP contribution is -2.04. The third-order valence-electron chi connectivity index (χ3n) is 5.26. The molecule has 0 fully saturated rings. The molecule has 5 heteroatoms. The van der Waals surface area contributed by atoms with Crippen molar-refractivity contribution in [2.45, 2.75) is 26.6 Å². The van der Waals surface area contributed by atoms with Crippen LogP contribution < -0.4 is 5.32 Å². The maximum Gasteiger partial charge on any atom is 0.157 e. The fraction of sp³-hybridized carbons (Fsp3) is 0.182. The van der Waals surface area contributed by atoms with E-state index in [1.807, 2.05) is 0 Å². The Morgan fingerprint density at radius 3 is 2.85 bits per heavy atom. The molecule has 0 bridgehead atoms. The molecule has 3 heterocycles. The van der Waals surface area contributed by atoms with E-state index in [4.69, 9.17) is 0 Å². The number of aliphatic imine (C=N–C) groups is 1. The zero-order chi connectivity index (χ0) is 18.4. The predicted molar refractivity (Wildman–Crippen MR) is 110 cm³/mol. The molecule has 2 aromatic heterocycles. The smallest absolute Gasteiger partial charge is 0.157 e. The molecule has 0 atom stereocenters. The van der Waals surface area contributed by atoms with Gasteiger partial charge in [-0.15, -0.1) is 0 Å². The normalized spacial score (nSPS) is 12.8. The molecule has 2 aromatic carbocycles. The number of hydrogen-bond donors (Lipinski definition) is 2. The maximum absolute atomic E-state index is 10.2. The van der Waals surface area contributed by atoms with Crippen LogP contribution in [0.3, 0.4) is 0 Å². The van der Waals surface area contributed by atoms with Crippen LogP contribution in [0.15, 0.2) is 53.7 Å². The van der Waals surface area contributed by atoms with Gasteiger partial charge in [0, 0.05) is 46.7 Å². The van der Waals surface area contributed by atoms with Crippen molar-refractivity contribution in [2.24, 2.45) is 4.99 Å². The first kappa shape index (κ1) is 15.9. The molecule has 5 nitrogen and oxygen atoms in total. The second kappa shape index (κ2) is 6.13. The molecule has 0 aliphatic carbocycles.